The molecule has 2 atom stereocenters. The third-order valence-electron chi connectivity index (χ3n) is 3.05. The quantitative estimate of drug-likeness (QED) is 0.811. The molecule has 0 aliphatic carbocycles. The van der Waals surface area contributed by atoms with Gasteiger partial charge in [-0.05, 0) is 25.2 Å². The van der Waals surface area contributed by atoms with Gasteiger partial charge in [0, 0.05) is 13.1 Å². The van der Waals surface area contributed by atoms with Crippen molar-refractivity contribution in [3.05, 3.63) is 5.82 Å². The summed E-state index contributed by atoms with van der Waals surface area (Å²) in [6, 6.07) is 0. The SMILES string of the molecule is Cc1noc(OCC(=O)N2C[C@H](C)C[C@@H](C)C2)n1. The zero-order valence-corrected chi connectivity index (χ0v) is 11.0. The van der Waals surface area contributed by atoms with Crippen molar-refractivity contribution in [2.24, 2.45) is 11.8 Å². The van der Waals surface area contributed by atoms with E-state index in [4.69, 9.17) is 9.26 Å². The third-order valence-corrected chi connectivity index (χ3v) is 3.05. The van der Waals surface area contributed by atoms with Crippen LogP contribution in [0, 0.1) is 18.8 Å². The standard InChI is InChI=1S/C12H19N3O3/c1-8-4-9(2)6-15(5-8)11(16)7-17-12-13-10(3)14-18-12/h8-9H,4-7H2,1-3H3/t8-,9-/m1/s1. The van der Waals surface area contributed by atoms with Crippen LogP contribution in [0.4, 0.5) is 0 Å². The third kappa shape index (κ3) is 3.21. The van der Waals surface area contributed by atoms with Gasteiger partial charge in [-0.1, -0.05) is 19.0 Å². The fourth-order valence-electron chi connectivity index (χ4n) is 2.42. The number of piperidine rings is 1. The van der Waals surface area contributed by atoms with Crippen molar-refractivity contribution >= 4 is 5.91 Å². The lowest BCUT2D eigenvalue weighted by molar-refractivity contribution is -0.136. The zero-order valence-electron chi connectivity index (χ0n) is 11.0. The van der Waals surface area contributed by atoms with Gasteiger partial charge in [0.2, 0.25) is 0 Å². The Morgan fingerprint density at radius 1 is 1.44 bits per heavy atom. The average Bonchev–Trinajstić information content (AvgIpc) is 2.70. The normalized spacial score (nSPS) is 24.1. The second kappa shape index (κ2) is 5.37. The van der Waals surface area contributed by atoms with E-state index < -0.39 is 0 Å². The van der Waals surface area contributed by atoms with E-state index in [1.165, 1.54) is 6.42 Å². The molecule has 2 heterocycles. The Morgan fingerprint density at radius 3 is 2.67 bits per heavy atom. The van der Waals surface area contributed by atoms with Gasteiger partial charge >= 0.3 is 6.08 Å². The fraction of sp³-hybridized carbons (Fsp3) is 0.750. The van der Waals surface area contributed by atoms with Crippen LogP contribution in [-0.2, 0) is 4.79 Å². The van der Waals surface area contributed by atoms with Crippen molar-refractivity contribution in [3.8, 4) is 6.08 Å². The number of hydrogen-bond acceptors (Lipinski definition) is 5. The molecule has 6 heteroatoms. The molecular formula is C12H19N3O3. The molecule has 1 aromatic rings. The molecule has 1 aliphatic rings. The molecule has 0 spiro atoms. The molecular weight excluding hydrogens is 234 g/mol. The minimum atomic E-state index is -0.0406. The summed E-state index contributed by atoms with van der Waals surface area (Å²) in [5.74, 6) is 1.56. The van der Waals surface area contributed by atoms with E-state index in [0.717, 1.165) is 13.1 Å². The summed E-state index contributed by atoms with van der Waals surface area (Å²) in [5, 5.41) is 3.60. The number of carbonyl (C=O) groups is 1. The lowest BCUT2D eigenvalue weighted by atomic mass is 9.92. The van der Waals surface area contributed by atoms with Gasteiger partial charge in [0.1, 0.15) is 0 Å². The maximum Gasteiger partial charge on any atom is 0.417 e. The molecule has 1 amide bonds. The molecule has 0 unspecified atom stereocenters. The molecule has 1 aliphatic heterocycles. The van der Waals surface area contributed by atoms with Gasteiger partial charge < -0.3 is 9.64 Å². The smallest absolute Gasteiger partial charge is 0.417 e. The maximum absolute atomic E-state index is 12.0. The molecule has 100 valence electrons. The second-order valence-electron chi connectivity index (χ2n) is 5.14. The number of carbonyl (C=O) groups excluding carboxylic acids is 1. The second-order valence-corrected chi connectivity index (χ2v) is 5.14. The van der Waals surface area contributed by atoms with Crippen molar-refractivity contribution < 1.29 is 14.1 Å². The monoisotopic (exact) mass is 253 g/mol. The Kier molecular flexibility index (Phi) is 3.84. The predicted octanol–water partition coefficient (Wildman–Crippen LogP) is 1.26. The molecule has 1 saturated heterocycles. The molecule has 0 aromatic carbocycles. The molecule has 0 N–H and O–H groups in total. The van der Waals surface area contributed by atoms with Gasteiger partial charge in [-0.2, -0.15) is 4.98 Å². The van der Waals surface area contributed by atoms with E-state index in [-0.39, 0.29) is 18.6 Å². The van der Waals surface area contributed by atoms with Crippen LogP contribution < -0.4 is 4.74 Å². The summed E-state index contributed by atoms with van der Waals surface area (Å²) in [5.41, 5.74) is 0. The number of amides is 1. The van der Waals surface area contributed by atoms with Crippen molar-refractivity contribution in [3.63, 3.8) is 0 Å². The van der Waals surface area contributed by atoms with Crippen LogP contribution in [0.25, 0.3) is 0 Å². The first-order valence-electron chi connectivity index (χ1n) is 6.25. The Balaban J connectivity index is 1.84. The van der Waals surface area contributed by atoms with E-state index in [2.05, 4.69) is 24.0 Å². The first-order chi connectivity index (χ1) is 8.54. The lowest BCUT2D eigenvalue weighted by Gasteiger charge is -2.34. The largest absolute Gasteiger partial charge is 0.439 e. The number of hydrogen-bond donors (Lipinski definition) is 0. The highest BCUT2D eigenvalue weighted by Crippen LogP contribution is 2.21. The van der Waals surface area contributed by atoms with E-state index >= 15 is 0 Å². The maximum atomic E-state index is 12.0. The lowest BCUT2D eigenvalue weighted by Crippen LogP contribution is -2.44. The van der Waals surface area contributed by atoms with Crippen molar-refractivity contribution in [2.45, 2.75) is 27.2 Å². The summed E-state index contributed by atoms with van der Waals surface area (Å²) in [7, 11) is 0. The first kappa shape index (κ1) is 12.9. The highest BCUT2D eigenvalue weighted by Gasteiger charge is 2.25. The highest BCUT2D eigenvalue weighted by molar-refractivity contribution is 5.77. The van der Waals surface area contributed by atoms with Crippen LogP contribution in [0.1, 0.15) is 26.1 Å². The fourth-order valence-corrected chi connectivity index (χ4v) is 2.42. The topological polar surface area (TPSA) is 68.5 Å². The number of rotatable bonds is 3. The van der Waals surface area contributed by atoms with Gasteiger partial charge in [-0.15, -0.1) is 0 Å². The summed E-state index contributed by atoms with van der Waals surface area (Å²) in [6.45, 7) is 7.59. The summed E-state index contributed by atoms with van der Waals surface area (Å²) < 4.78 is 9.97. The summed E-state index contributed by atoms with van der Waals surface area (Å²) in [4.78, 5) is 17.7. The van der Waals surface area contributed by atoms with E-state index in [9.17, 15) is 4.79 Å². The van der Waals surface area contributed by atoms with Crippen LogP contribution in [0.5, 0.6) is 6.08 Å². The molecule has 1 fully saturated rings. The molecule has 0 saturated carbocycles. The van der Waals surface area contributed by atoms with E-state index in [1.807, 2.05) is 4.90 Å². The van der Waals surface area contributed by atoms with Gasteiger partial charge in [-0.25, -0.2) is 0 Å². The number of nitrogens with zero attached hydrogens (tertiary/aromatic N) is 3. The van der Waals surface area contributed by atoms with Crippen LogP contribution in [0.15, 0.2) is 4.52 Å². The van der Waals surface area contributed by atoms with Gasteiger partial charge in [0.05, 0.1) is 0 Å². The van der Waals surface area contributed by atoms with Gasteiger partial charge in [0.15, 0.2) is 12.4 Å². The molecule has 0 radical (unpaired) electrons. The van der Waals surface area contributed by atoms with Crippen LogP contribution >= 0.6 is 0 Å². The Labute approximate surface area is 106 Å². The van der Waals surface area contributed by atoms with Crippen molar-refractivity contribution in [1.29, 1.82) is 0 Å². The predicted molar refractivity (Wildman–Crippen MR) is 64.1 cm³/mol. The number of aromatic nitrogens is 2. The minimum absolute atomic E-state index is 0.0238. The average molecular weight is 253 g/mol. The van der Waals surface area contributed by atoms with Crippen molar-refractivity contribution in [2.75, 3.05) is 19.7 Å². The number of aryl methyl sites for hydroxylation is 1. The summed E-state index contributed by atoms with van der Waals surface area (Å²) >= 11 is 0. The highest BCUT2D eigenvalue weighted by atomic mass is 16.6. The summed E-state index contributed by atoms with van der Waals surface area (Å²) in [6.07, 6.45) is 1.23. The number of ether oxygens (including phenoxy) is 1. The van der Waals surface area contributed by atoms with Crippen LogP contribution in [-0.4, -0.2) is 40.6 Å². The molecule has 18 heavy (non-hydrogen) atoms. The van der Waals surface area contributed by atoms with Crippen LogP contribution in [0.2, 0.25) is 0 Å². The Morgan fingerprint density at radius 2 is 2.11 bits per heavy atom. The Bertz CT molecular complexity index is 408. The molecule has 1 aromatic heterocycles. The molecule has 6 nitrogen and oxygen atoms in total. The van der Waals surface area contributed by atoms with Crippen LogP contribution in [0.3, 0.4) is 0 Å². The minimum Gasteiger partial charge on any atom is -0.439 e. The van der Waals surface area contributed by atoms with E-state index in [1.54, 1.807) is 6.92 Å². The van der Waals surface area contributed by atoms with E-state index in [0.29, 0.717) is 17.7 Å². The Hall–Kier alpha value is -1.59. The van der Waals surface area contributed by atoms with Gasteiger partial charge in [0.25, 0.3) is 5.91 Å². The van der Waals surface area contributed by atoms with Crippen molar-refractivity contribution in [1.82, 2.24) is 15.0 Å². The zero-order chi connectivity index (χ0) is 13.1. The number of likely N-dealkylation sites (tertiary alicyclic amines) is 1. The molecule has 0 bridgehead atoms. The molecule has 2 rings (SSSR count). The van der Waals surface area contributed by atoms with Gasteiger partial charge in [-0.3, -0.25) is 9.32 Å². The first-order valence-corrected chi connectivity index (χ1v) is 6.25.